The van der Waals surface area contributed by atoms with Gasteiger partial charge in [0.25, 0.3) is 5.91 Å². The Morgan fingerprint density at radius 3 is 2.65 bits per heavy atom. The third-order valence-corrected chi connectivity index (χ3v) is 3.75. The van der Waals surface area contributed by atoms with Crippen LogP contribution in [0.25, 0.3) is 0 Å². The molecule has 2 aromatic rings. The van der Waals surface area contributed by atoms with E-state index in [1.54, 1.807) is 6.07 Å². The molecular weight excluding hydrogens is 353 g/mol. The molecule has 1 amide bonds. The summed E-state index contributed by atoms with van der Waals surface area (Å²) in [4.78, 5) is 24.2. The number of hydrogen-bond donors (Lipinski definition) is 2. The largest absolute Gasteiger partial charge is 0.433 e. The molecule has 0 aromatic carbocycles. The summed E-state index contributed by atoms with van der Waals surface area (Å²) in [6.07, 6.45) is -2.56. The lowest BCUT2D eigenvalue weighted by Gasteiger charge is -2.18. The minimum absolute atomic E-state index is 0.0474. The number of anilines is 3. The third kappa shape index (κ3) is 3.27. The summed E-state index contributed by atoms with van der Waals surface area (Å²) < 4.78 is 38.1. The first kappa shape index (κ1) is 17.6. The lowest BCUT2D eigenvalue weighted by atomic mass is 10.1. The average molecular weight is 364 g/mol. The maximum absolute atomic E-state index is 12.7. The number of aromatic nitrogens is 3. The fourth-order valence-corrected chi connectivity index (χ4v) is 2.42. The van der Waals surface area contributed by atoms with Crippen molar-refractivity contribution in [2.45, 2.75) is 18.2 Å². The fraction of sp³-hybridized carbons (Fsp3) is 0.267. The molecule has 2 N–H and O–H groups in total. The Hall–Kier alpha value is -3.26. The van der Waals surface area contributed by atoms with Crippen molar-refractivity contribution in [3.05, 3.63) is 36.4 Å². The van der Waals surface area contributed by atoms with Crippen LogP contribution in [0.2, 0.25) is 0 Å². The number of nitrogens with zero attached hydrogens (tertiary/aromatic N) is 5. The van der Waals surface area contributed by atoms with Gasteiger partial charge in [0.2, 0.25) is 5.60 Å². The van der Waals surface area contributed by atoms with Gasteiger partial charge in [-0.25, -0.2) is 15.0 Å². The van der Waals surface area contributed by atoms with Crippen LogP contribution in [0.4, 0.5) is 30.5 Å². The molecule has 1 fully saturated rings. The molecular formula is C15H11F3N6O2. The lowest BCUT2D eigenvalue weighted by Crippen LogP contribution is -2.38. The van der Waals surface area contributed by atoms with E-state index in [2.05, 4.69) is 20.3 Å². The lowest BCUT2D eigenvalue weighted by molar-refractivity contribution is -0.141. The Balaban J connectivity index is 1.83. The van der Waals surface area contributed by atoms with Crippen molar-refractivity contribution in [3.63, 3.8) is 0 Å². The average Bonchev–Trinajstić information content (AvgIpc) is 2.91. The van der Waals surface area contributed by atoms with Crippen molar-refractivity contribution in [2.24, 2.45) is 0 Å². The van der Waals surface area contributed by atoms with Crippen LogP contribution >= 0.6 is 0 Å². The van der Waals surface area contributed by atoms with E-state index < -0.39 is 23.4 Å². The van der Waals surface area contributed by atoms with Crippen molar-refractivity contribution < 1.29 is 23.1 Å². The van der Waals surface area contributed by atoms with Gasteiger partial charge in [-0.1, -0.05) is 0 Å². The number of alkyl halides is 3. The Morgan fingerprint density at radius 2 is 2.00 bits per heavy atom. The quantitative estimate of drug-likeness (QED) is 0.795. The van der Waals surface area contributed by atoms with Crippen molar-refractivity contribution in [1.29, 1.82) is 5.26 Å². The summed E-state index contributed by atoms with van der Waals surface area (Å²) in [5.74, 6) is -0.758. The van der Waals surface area contributed by atoms with Gasteiger partial charge in [-0.15, -0.1) is 0 Å². The van der Waals surface area contributed by atoms with Crippen LogP contribution in [0.3, 0.4) is 0 Å². The Bertz CT molecular complexity index is 897. The summed E-state index contributed by atoms with van der Waals surface area (Å²) in [7, 11) is 0. The topological polar surface area (TPSA) is 115 Å². The van der Waals surface area contributed by atoms with Crippen LogP contribution in [0.5, 0.6) is 0 Å². The van der Waals surface area contributed by atoms with Crippen LogP contribution in [0, 0.1) is 11.3 Å². The van der Waals surface area contributed by atoms with E-state index in [1.807, 2.05) is 0 Å². The van der Waals surface area contributed by atoms with E-state index in [4.69, 9.17) is 5.26 Å². The molecule has 0 saturated carbocycles. The first-order valence-electron chi connectivity index (χ1n) is 7.31. The van der Waals surface area contributed by atoms with Crippen LogP contribution in [-0.4, -0.2) is 38.1 Å². The summed E-state index contributed by atoms with van der Waals surface area (Å²) in [6.45, 7) is 0.123. The number of halogens is 3. The van der Waals surface area contributed by atoms with Crippen molar-refractivity contribution in [2.75, 3.05) is 16.8 Å². The van der Waals surface area contributed by atoms with Crippen molar-refractivity contribution >= 4 is 23.2 Å². The minimum Gasteiger partial charge on any atom is -0.368 e. The molecule has 3 heterocycles. The summed E-state index contributed by atoms with van der Waals surface area (Å²) in [6, 6.07) is 5.18. The number of rotatable bonds is 3. The molecule has 0 radical (unpaired) electrons. The van der Waals surface area contributed by atoms with Gasteiger partial charge in [0.15, 0.2) is 0 Å². The Kier molecular flexibility index (Phi) is 4.21. The van der Waals surface area contributed by atoms with Gasteiger partial charge in [0, 0.05) is 37.0 Å². The molecule has 0 spiro atoms. The highest BCUT2D eigenvalue weighted by molar-refractivity contribution is 6.03. The second kappa shape index (κ2) is 6.23. The number of pyridine rings is 1. The monoisotopic (exact) mass is 364 g/mol. The summed E-state index contributed by atoms with van der Waals surface area (Å²) in [5, 5.41) is 21.4. The molecule has 26 heavy (non-hydrogen) atoms. The zero-order valence-corrected chi connectivity index (χ0v) is 13.0. The van der Waals surface area contributed by atoms with Crippen LogP contribution in [-0.2, 0) is 11.0 Å². The highest BCUT2D eigenvalue weighted by Crippen LogP contribution is 2.30. The standard InChI is InChI=1S/C15H11F3N6O2/c16-15(17,18)10-6-12(22-8-21-10)23-11-5-9(1-3-20-11)24-4-2-14(26,7-19)13(24)25/h1,3,5-6,8,26H,2,4H2,(H,20,21,22,23)/t14-/m0/s1. The Labute approximate surface area is 144 Å². The van der Waals surface area contributed by atoms with E-state index in [0.29, 0.717) is 5.69 Å². The molecule has 0 aliphatic carbocycles. The molecule has 11 heteroatoms. The Morgan fingerprint density at radius 1 is 1.27 bits per heavy atom. The van der Waals surface area contributed by atoms with Gasteiger partial charge in [0.1, 0.15) is 29.7 Å². The zero-order valence-electron chi connectivity index (χ0n) is 13.0. The highest BCUT2D eigenvalue weighted by atomic mass is 19.4. The normalized spacial score (nSPS) is 20.1. The molecule has 0 unspecified atom stereocenters. The molecule has 1 atom stereocenters. The van der Waals surface area contributed by atoms with E-state index in [0.717, 1.165) is 12.4 Å². The molecule has 1 aliphatic rings. The number of nitriles is 1. The van der Waals surface area contributed by atoms with E-state index in [-0.39, 0.29) is 24.6 Å². The first-order valence-corrected chi connectivity index (χ1v) is 7.31. The van der Waals surface area contributed by atoms with Gasteiger partial charge >= 0.3 is 6.18 Å². The van der Waals surface area contributed by atoms with Gasteiger partial charge in [0.05, 0.1) is 0 Å². The van der Waals surface area contributed by atoms with Gasteiger partial charge < -0.3 is 15.3 Å². The first-order chi connectivity index (χ1) is 12.2. The SMILES string of the molecule is N#C[C@@]1(O)CCN(c2ccnc(Nc3cc(C(F)(F)F)ncn3)c2)C1=O. The smallest absolute Gasteiger partial charge is 0.368 e. The number of aliphatic hydroxyl groups is 1. The molecule has 1 saturated heterocycles. The van der Waals surface area contributed by atoms with Crippen LogP contribution in [0.15, 0.2) is 30.7 Å². The molecule has 1 aliphatic heterocycles. The van der Waals surface area contributed by atoms with Crippen LogP contribution in [0.1, 0.15) is 12.1 Å². The number of hydrogen-bond acceptors (Lipinski definition) is 7. The van der Waals surface area contributed by atoms with Gasteiger partial charge in [-0.3, -0.25) is 4.79 Å². The maximum Gasteiger partial charge on any atom is 0.433 e. The summed E-state index contributed by atoms with van der Waals surface area (Å²) >= 11 is 0. The molecule has 3 rings (SSSR count). The third-order valence-electron chi connectivity index (χ3n) is 3.75. The van der Waals surface area contributed by atoms with Crippen molar-refractivity contribution in [1.82, 2.24) is 15.0 Å². The number of carbonyl (C=O) groups excluding carboxylic acids is 1. The summed E-state index contributed by atoms with van der Waals surface area (Å²) in [5.41, 5.74) is -2.85. The molecule has 0 bridgehead atoms. The van der Waals surface area contributed by atoms with E-state index in [9.17, 15) is 23.1 Å². The zero-order chi connectivity index (χ0) is 18.9. The van der Waals surface area contributed by atoms with Crippen molar-refractivity contribution in [3.8, 4) is 6.07 Å². The van der Waals surface area contributed by atoms with E-state index in [1.165, 1.54) is 23.2 Å². The minimum atomic E-state index is -4.61. The molecule has 8 nitrogen and oxygen atoms in total. The van der Waals surface area contributed by atoms with Gasteiger partial charge in [-0.2, -0.15) is 18.4 Å². The number of carbonyl (C=O) groups is 1. The second-order valence-electron chi connectivity index (χ2n) is 5.49. The highest BCUT2D eigenvalue weighted by Gasteiger charge is 2.46. The van der Waals surface area contributed by atoms with E-state index >= 15 is 0 Å². The maximum atomic E-state index is 12.7. The van der Waals surface area contributed by atoms with Crippen LogP contribution < -0.4 is 10.2 Å². The number of nitrogens with one attached hydrogen (secondary N) is 1. The van der Waals surface area contributed by atoms with Gasteiger partial charge in [-0.05, 0) is 6.07 Å². The second-order valence-corrected chi connectivity index (χ2v) is 5.49. The molecule has 2 aromatic heterocycles. The predicted molar refractivity (Wildman–Crippen MR) is 82.1 cm³/mol. The predicted octanol–water partition coefficient (Wildman–Crippen LogP) is 1.63. The fourth-order valence-electron chi connectivity index (χ4n) is 2.42. The molecule has 134 valence electrons. The number of amides is 1.